The van der Waals surface area contributed by atoms with E-state index < -0.39 is 17.8 Å². The molecule has 0 radical (unpaired) electrons. The van der Waals surface area contributed by atoms with Gasteiger partial charge in [-0.05, 0) is 29.5 Å². The molecule has 1 amide bonds. The van der Waals surface area contributed by atoms with E-state index in [4.69, 9.17) is 4.74 Å². The summed E-state index contributed by atoms with van der Waals surface area (Å²) in [7, 11) is 1.32. The number of methoxy groups -OCH3 is 1. The first kappa shape index (κ1) is 17.9. The lowest BCUT2D eigenvalue weighted by atomic mass is 9.90. The van der Waals surface area contributed by atoms with Gasteiger partial charge in [-0.25, -0.2) is 9.18 Å². The number of hydrogen-bond donors (Lipinski definition) is 2. The molecule has 122 valence electrons. The minimum Gasteiger partial charge on any atom is -0.494 e. The van der Waals surface area contributed by atoms with Crippen molar-refractivity contribution in [2.24, 2.45) is 5.41 Å². The molecule has 0 spiro atoms. The maximum atomic E-state index is 13.7. The van der Waals surface area contributed by atoms with E-state index in [2.05, 4.69) is 5.32 Å². The number of rotatable bonds is 6. The smallest absolute Gasteiger partial charge is 0.330 e. The summed E-state index contributed by atoms with van der Waals surface area (Å²) in [6, 6.07) is 2.53. The summed E-state index contributed by atoms with van der Waals surface area (Å²) in [6.45, 7) is 5.98. The molecule has 1 atom stereocenters. The molecule has 1 aromatic rings. The van der Waals surface area contributed by atoms with Crippen LogP contribution in [0.3, 0.4) is 0 Å². The minimum absolute atomic E-state index is 0.0203. The molecule has 0 saturated carbocycles. The third kappa shape index (κ3) is 5.35. The first-order valence-electron chi connectivity index (χ1n) is 6.99. The third-order valence-corrected chi connectivity index (χ3v) is 3.16. The molecule has 22 heavy (non-hydrogen) atoms. The van der Waals surface area contributed by atoms with Gasteiger partial charge in [0.2, 0.25) is 5.91 Å². The summed E-state index contributed by atoms with van der Waals surface area (Å²) in [5, 5.41) is 11.7. The van der Waals surface area contributed by atoms with Crippen LogP contribution >= 0.6 is 0 Å². The summed E-state index contributed by atoms with van der Waals surface area (Å²) in [5.74, 6) is -2.27. The molecule has 6 heteroatoms. The quantitative estimate of drug-likeness (QED) is 0.847. The zero-order chi connectivity index (χ0) is 16.9. The van der Waals surface area contributed by atoms with Crippen LogP contribution in [0.2, 0.25) is 0 Å². The second-order valence-electron chi connectivity index (χ2n) is 6.29. The summed E-state index contributed by atoms with van der Waals surface area (Å²) in [4.78, 5) is 23.2. The number of halogens is 1. The maximum Gasteiger partial charge on any atom is 0.330 e. The molecule has 0 heterocycles. The number of amides is 1. The monoisotopic (exact) mass is 311 g/mol. The number of carboxylic acid groups (broad SMARTS) is 1. The lowest BCUT2D eigenvalue weighted by Crippen LogP contribution is -2.34. The van der Waals surface area contributed by atoms with Gasteiger partial charge < -0.3 is 15.2 Å². The molecule has 0 saturated heterocycles. The van der Waals surface area contributed by atoms with Crippen molar-refractivity contribution in [2.75, 3.05) is 7.11 Å². The number of carbonyl (C=O) groups excluding carboxylic acids is 1. The molecule has 2 N–H and O–H groups in total. The molecule has 1 aromatic carbocycles. The highest BCUT2D eigenvalue weighted by Gasteiger charge is 2.24. The molecule has 1 unspecified atom stereocenters. The first-order chi connectivity index (χ1) is 10.1. The number of carbonyl (C=O) groups is 2. The van der Waals surface area contributed by atoms with Crippen LogP contribution in [0.5, 0.6) is 5.75 Å². The van der Waals surface area contributed by atoms with E-state index in [1.54, 1.807) is 0 Å². The van der Waals surface area contributed by atoms with Crippen molar-refractivity contribution in [3.63, 3.8) is 0 Å². The van der Waals surface area contributed by atoms with Crippen LogP contribution < -0.4 is 10.1 Å². The molecule has 5 nitrogen and oxygen atoms in total. The van der Waals surface area contributed by atoms with Gasteiger partial charge in [0.15, 0.2) is 17.6 Å². The van der Waals surface area contributed by atoms with Crippen LogP contribution in [-0.2, 0) is 9.59 Å². The molecular formula is C16H22FNO4. The highest BCUT2D eigenvalue weighted by molar-refractivity contribution is 5.84. The molecule has 0 aliphatic heterocycles. The predicted octanol–water partition coefficient (Wildman–Crippen LogP) is 2.90. The molecule has 0 fully saturated rings. The number of benzene rings is 1. The van der Waals surface area contributed by atoms with Crippen molar-refractivity contribution in [2.45, 2.75) is 39.7 Å². The Morgan fingerprint density at radius 2 is 2.00 bits per heavy atom. The van der Waals surface area contributed by atoms with Crippen molar-refractivity contribution in [3.05, 3.63) is 29.6 Å². The van der Waals surface area contributed by atoms with E-state index in [0.29, 0.717) is 6.42 Å². The molecular weight excluding hydrogens is 289 g/mol. The Morgan fingerprint density at radius 1 is 1.36 bits per heavy atom. The molecule has 1 rings (SSSR count). The Kier molecular flexibility index (Phi) is 5.91. The SMILES string of the molecule is COc1ccc(C(NC(=O)CCC(C)(C)C)C(=O)O)cc1F. The highest BCUT2D eigenvalue weighted by atomic mass is 19.1. The van der Waals surface area contributed by atoms with Gasteiger partial charge >= 0.3 is 5.97 Å². The topological polar surface area (TPSA) is 75.6 Å². The maximum absolute atomic E-state index is 13.7. The largest absolute Gasteiger partial charge is 0.494 e. The Morgan fingerprint density at radius 3 is 2.45 bits per heavy atom. The fourth-order valence-corrected chi connectivity index (χ4v) is 1.87. The average molecular weight is 311 g/mol. The van der Waals surface area contributed by atoms with Gasteiger partial charge in [0.25, 0.3) is 0 Å². The number of ether oxygens (including phenoxy) is 1. The zero-order valence-corrected chi connectivity index (χ0v) is 13.3. The summed E-state index contributed by atoms with van der Waals surface area (Å²) in [5.41, 5.74) is 0.136. The Bertz CT molecular complexity index is 552. The third-order valence-electron chi connectivity index (χ3n) is 3.16. The molecule has 0 aliphatic rings. The van der Waals surface area contributed by atoms with Gasteiger partial charge in [-0.1, -0.05) is 26.8 Å². The van der Waals surface area contributed by atoms with Crippen molar-refractivity contribution in [1.29, 1.82) is 0 Å². The fourth-order valence-electron chi connectivity index (χ4n) is 1.87. The van der Waals surface area contributed by atoms with Crippen LogP contribution in [0.15, 0.2) is 18.2 Å². The zero-order valence-electron chi connectivity index (χ0n) is 13.3. The average Bonchev–Trinajstić information content (AvgIpc) is 2.41. The molecule has 0 aromatic heterocycles. The van der Waals surface area contributed by atoms with Crippen molar-refractivity contribution in [1.82, 2.24) is 5.32 Å². The lowest BCUT2D eigenvalue weighted by Gasteiger charge is -2.19. The van der Waals surface area contributed by atoms with Crippen LogP contribution in [0, 0.1) is 11.2 Å². The van der Waals surface area contributed by atoms with Crippen LogP contribution in [0.1, 0.15) is 45.2 Å². The van der Waals surface area contributed by atoms with Crippen molar-refractivity contribution in [3.8, 4) is 5.75 Å². The highest BCUT2D eigenvalue weighted by Crippen LogP contribution is 2.23. The number of hydrogen-bond acceptors (Lipinski definition) is 3. The Balaban J connectivity index is 2.84. The summed E-state index contributed by atoms with van der Waals surface area (Å²) in [6.07, 6.45) is 0.841. The Labute approximate surface area is 129 Å². The normalized spacial score (nSPS) is 12.6. The van der Waals surface area contributed by atoms with Gasteiger partial charge in [0.1, 0.15) is 0 Å². The number of nitrogens with one attached hydrogen (secondary N) is 1. The van der Waals surface area contributed by atoms with E-state index in [0.717, 1.165) is 6.07 Å². The van der Waals surface area contributed by atoms with E-state index in [9.17, 15) is 19.1 Å². The molecule has 0 bridgehead atoms. The lowest BCUT2D eigenvalue weighted by molar-refractivity contribution is -0.142. The van der Waals surface area contributed by atoms with E-state index in [1.807, 2.05) is 20.8 Å². The molecule has 0 aliphatic carbocycles. The van der Waals surface area contributed by atoms with Crippen LogP contribution in [-0.4, -0.2) is 24.1 Å². The van der Waals surface area contributed by atoms with Gasteiger partial charge in [0, 0.05) is 6.42 Å². The van der Waals surface area contributed by atoms with Crippen LogP contribution in [0.25, 0.3) is 0 Å². The van der Waals surface area contributed by atoms with E-state index in [-0.39, 0.29) is 29.1 Å². The summed E-state index contributed by atoms with van der Waals surface area (Å²) >= 11 is 0. The van der Waals surface area contributed by atoms with E-state index >= 15 is 0 Å². The predicted molar refractivity (Wildman–Crippen MR) is 80.2 cm³/mol. The van der Waals surface area contributed by atoms with Crippen molar-refractivity contribution >= 4 is 11.9 Å². The van der Waals surface area contributed by atoms with E-state index in [1.165, 1.54) is 19.2 Å². The van der Waals surface area contributed by atoms with Crippen LogP contribution in [0.4, 0.5) is 4.39 Å². The Hall–Kier alpha value is -2.11. The number of carboxylic acids is 1. The fraction of sp³-hybridized carbons (Fsp3) is 0.500. The van der Waals surface area contributed by atoms with Crippen molar-refractivity contribution < 1.29 is 23.8 Å². The summed E-state index contributed by atoms with van der Waals surface area (Å²) < 4.78 is 18.5. The number of aliphatic carboxylic acids is 1. The van der Waals surface area contributed by atoms with Gasteiger partial charge in [-0.3, -0.25) is 4.79 Å². The van der Waals surface area contributed by atoms with Gasteiger partial charge in [-0.15, -0.1) is 0 Å². The standard InChI is InChI=1S/C16H22FNO4/c1-16(2,3)8-7-13(19)18-14(15(20)21)10-5-6-12(22-4)11(17)9-10/h5-6,9,14H,7-8H2,1-4H3,(H,18,19)(H,20,21). The van der Waals surface area contributed by atoms with Gasteiger partial charge in [-0.2, -0.15) is 0 Å². The second-order valence-corrected chi connectivity index (χ2v) is 6.29. The van der Waals surface area contributed by atoms with Gasteiger partial charge in [0.05, 0.1) is 7.11 Å². The second kappa shape index (κ2) is 7.24. The minimum atomic E-state index is -1.28. The first-order valence-corrected chi connectivity index (χ1v) is 6.99.